The fraction of sp³-hybridized carbons (Fsp3) is 0.500. The lowest BCUT2D eigenvalue weighted by Crippen LogP contribution is -2.25. The molecule has 0 bridgehead atoms. The molecule has 0 amide bonds. The van der Waals surface area contributed by atoms with E-state index in [-0.39, 0.29) is 0 Å². The topological polar surface area (TPSA) is 12.0 Å². The van der Waals surface area contributed by atoms with Gasteiger partial charge in [-0.1, -0.05) is 6.07 Å². The molecule has 0 aromatic heterocycles. The summed E-state index contributed by atoms with van der Waals surface area (Å²) >= 11 is 1.86. The van der Waals surface area contributed by atoms with Gasteiger partial charge in [-0.25, -0.2) is 8.78 Å². The number of hydrogen-bond donors (Lipinski definition) is 1. The normalized spacial score (nSPS) is 17.4. The molecule has 1 nitrogen and oxygen atoms in total. The van der Waals surface area contributed by atoms with Crippen LogP contribution in [0, 0.1) is 11.6 Å². The van der Waals surface area contributed by atoms with Crippen LogP contribution in [0.3, 0.4) is 0 Å². The molecule has 0 atom stereocenters. The molecule has 0 heterocycles. The molecule has 1 saturated carbocycles. The van der Waals surface area contributed by atoms with Gasteiger partial charge >= 0.3 is 0 Å². The van der Waals surface area contributed by atoms with Gasteiger partial charge in [-0.05, 0) is 25.2 Å². The number of benzene rings is 1. The lowest BCUT2D eigenvalue weighted by Gasteiger charge is -2.13. The summed E-state index contributed by atoms with van der Waals surface area (Å²) in [4.78, 5) is 0. The summed E-state index contributed by atoms with van der Waals surface area (Å²) in [7, 11) is 0. The lowest BCUT2D eigenvalue weighted by molar-refractivity contribution is 0.558. The fourth-order valence-corrected chi connectivity index (χ4v) is 2.44. The Hall–Kier alpha value is -0.610. The van der Waals surface area contributed by atoms with Crippen LogP contribution in [0.5, 0.6) is 0 Å². The molecule has 4 heteroatoms. The third-order valence-electron chi connectivity index (χ3n) is 3.02. The molecule has 16 heavy (non-hydrogen) atoms. The average molecular weight is 243 g/mol. The van der Waals surface area contributed by atoms with Gasteiger partial charge in [0, 0.05) is 29.5 Å². The highest BCUT2D eigenvalue weighted by atomic mass is 32.2. The number of halogens is 2. The third-order valence-corrected chi connectivity index (χ3v) is 4.44. The van der Waals surface area contributed by atoms with E-state index in [4.69, 9.17) is 0 Å². The van der Waals surface area contributed by atoms with Crippen LogP contribution < -0.4 is 5.32 Å². The molecule has 1 aliphatic rings. The van der Waals surface area contributed by atoms with Crippen molar-refractivity contribution in [1.82, 2.24) is 5.32 Å². The SMILES string of the molecule is CSC1(CNCc2ccc(F)cc2F)CC1. The third kappa shape index (κ3) is 2.74. The summed E-state index contributed by atoms with van der Waals surface area (Å²) < 4.78 is 26.3. The molecule has 88 valence electrons. The van der Waals surface area contributed by atoms with E-state index in [2.05, 4.69) is 11.6 Å². The van der Waals surface area contributed by atoms with Gasteiger partial charge in [0.25, 0.3) is 0 Å². The molecule has 2 rings (SSSR count). The molecule has 1 aromatic carbocycles. The molecule has 1 aliphatic carbocycles. The minimum Gasteiger partial charge on any atom is -0.311 e. The molecule has 1 fully saturated rings. The molecular weight excluding hydrogens is 228 g/mol. The Bertz CT molecular complexity index is 377. The Labute approximate surface area is 98.6 Å². The second kappa shape index (κ2) is 4.72. The van der Waals surface area contributed by atoms with Crippen LogP contribution in [-0.2, 0) is 6.54 Å². The van der Waals surface area contributed by atoms with Crippen molar-refractivity contribution in [2.24, 2.45) is 0 Å². The first-order chi connectivity index (χ1) is 7.65. The Morgan fingerprint density at radius 3 is 2.69 bits per heavy atom. The Kier molecular flexibility index (Phi) is 3.50. The van der Waals surface area contributed by atoms with Gasteiger partial charge in [0.15, 0.2) is 0 Å². The monoisotopic (exact) mass is 243 g/mol. The number of hydrogen-bond acceptors (Lipinski definition) is 2. The van der Waals surface area contributed by atoms with Crippen LogP contribution in [0.25, 0.3) is 0 Å². The van der Waals surface area contributed by atoms with E-state index >= 15 is 0 Å². The fourth-order valence-electron chi connectivity index (χ4n) is 1.68. The summed E-state index contributed by atoms with van der Waals surface area (Å²) in [6, 6.07) is 3.72. The zero-order chi connectivity index (χ0) is 11.6. The molecule has 1 N–H and O–H groups in total. The predicted molar refractivity (Wildman–Crippen MR) is 63.5 cm³/mol. The van der Waals surface area contributed by atoms with Crippen LogP contribution in [-0.4, -0.2) is 17.5 Å². The van der Waals surface area contributed by atoms with Gasteiger partial charge in [0.1, 0.15) is 11.6 Å². The zero-order valence-corrected chi connectivity index (χ0v) is 10.0. The molecule has 1 aromatic rings. The summed E-state index contributed by atoms with van der Waals surface area (Å²) in [6.45, 7) is 1.36. The largest absolute Gasteiger partial charge is 0.311 e. The molecule has 0 unspecified atom stereocenters. The summed E-state index contributed by atoms with van der Waals surface area (Å²) in [5.41, 5.74) is 0.526. The van der Waals surface area contributed by atoms with E-state index < -0.39 is 11.6 Å². The highest BCUT2D eigenvalue weighted by Gasteiger charge is 2.41. The standard InChI is InChI=1S/C12H15F2NS/c1-16-12(4-5-12)8-15-7-9-2-3-10(13)6-11(9)14/h2-3,6,15H,4-5,7-8H2,1H3. The molecule has 0 radical (unpaired) electrons. The van der Waals surface area contributed by atoms with Crippen molar-refractivity contribution < 1.29 is 8.78 Å². The van der Waals surface area contributed by atoms with E-state index in [1.165, 1.54) is 25.0 Å². The number of nitrogens with one attached hydrogen (secondary N) is 1. The summed E-state index contributed by atoms with van der Waals surface area (Å²) in [5.74, 6) is -0.995. The van der Waals surface area contributed by atoms with Crippen LogP contribution in [0.1, 0.15) is 18.4 Å². The Morgan fingerprint density at radius 2 is 2.12 bits per heavy atom. The minimum absolute atomic E-state index is 0.372. The predicted octanol–water partition coefficient (Wildman–Crippen LogP) is 2.95. The van der Waals surface area contributed by atoms with Gasteiger partial charge in [-0.15, -0.1) is 0 Å². The smallest absolute Gasteiger partial charge is 0.130 e. The van der Waals surface area contributed by atoms with E-state index in [9.17, 15) is 8.78 Å². The Morgan fingerprint density at radius 1 is 1.38 bits per heavy atom. The van der Waals surface area contributed by atoms with E-state index in [1.54, 1.807) is 0 Å². The van der Waals surface area contributed by atoms with Crippen molar-refractivity contribution in [3.05, 3.63) is 35.4 Å². The van der Waals surface area contributed by atoms with Gasteiger partial charge in [-0.2, -0.15) is 11.8 Å². The van der Waals surface area contributed by atoms with Crippen molar-refractivity contribution in [1.29, 1.82) is 0 Å². The van der Waals surface area contributed by atoms with Crippen molar-refractivity contribution in [2.75, 3.05) is 12.8 Å². The summed E-state index contributed by atoms with van der Waals surface area (Å²) in [6.07, 6.45) is 4.56. The second-order valence-electron chi connectivity index (χ2n) is 4.23. The summed E-state index contributed by atoms with van der Waals surface area (Å²) in [5, 5.41) is 3.23. The maximum atomic E-state index is 13.3. The quantitative estimate of drug-likeness (QED) is 0.853. The molecule has 0 aliphatic heterocycles. The molecule has 0 saturated heterocycles. The zero-order valence-electron chi connectivity index (χ0n) is 9.22. The van der Waals surface area contributed by atoms with E-state index in [1.807, 2.05) is 11.8 Å². The Balaban J connectivity index is 1.85. The van der Waals surface area contributed by atoms with Crippen LogP contribution in [0.4, 0.5) is 8.78 Å². The second-order valence-corrected chi connectivity index (χ2v) is 5.50. The highest BCUT2D eigenvalue weighted by Crippen LogP contribution is 2.46. The van der Waals surface area contributed by atoms with E-state index in [0.29, 0.717) is 16.9 Å². The maximum absolute atomic E-state index is 13.3. The maximum Gasteiger partial charge on any atom is 0.130 e. The van der Waals surface area contributed by atoms with Crippen molar-refractivity contribution >= 4 is 11.8 Å². The minimum atomic E-state index is -0.524. The lowest BCUT2D eigenvalue weighted by atomic mass is 10.2. The highest BCUT2D eigenvalue weighted by molar-refractivity contribution is 8.00. The number of rotatable bonds is 5. The van der Waals surface area contributed by atoms with E-state index in [0.717, 1.165) is 12.6 Å². The molecule has 0 spiro atoms. The first-order valence-corrected chi connectivity index (χ1v) is 6.57. The molecular formula is C12H15F2NS. The van der Waals surface area contributed by atoms with Gasteiger partial charge < -0.3 is 5.32 Å². The average Bonchev–Trinajstić information content (AvgIpc) is 3.02. The van der Waals surface area contributed by atoms with Crippen molar-refractivity contribution in [3.8, 4) is 0 Å². The van der Waals surface area contributed by atoms with Gasteiger partial charge in [-0.3, -0.25) is 0 Å². The van der Waals surface area contributed by atoms with Crippen LogP contribution in [0.2, 0.25) is 0 Å². The van der Waals surface area contributed by atoms with Gasteiger partial charge in [0.05, 0.1) is 0 Å². The van der Waals surface area contributed by atoms with Crippen molar-refractivity contribution in [2.45, 2.75) is 24.1 Å². The van der Waals surface area contributed by atoms with Crippen molar-refractivity contribution in [3.63, 3.8) is 0 Å². The van der Waals surface area contributed by atoms with Crippen LogP contribution in [0.15, 0.2) is 18.2 Å². The van der Waals surface area contributed by atoms with Gasteiger partial charge in [0.2, 0.25) is 0 Å². The number of thioether (sulfide) groups is 1. The van der Waals surface area contributed by atoms with Crippen LogP contribution >= 0.6 is 11.8 Å². The first kappa shape index (κ1) is 11.9. The first-order valence-electron chi connectivity index (χ1n) is 5.35.